The molecule has 0 fully saturated rings. The summed E-state index contributed by atoms with van der Waals surface area (Å²) >= 11 is 0. The highest BCUT2D eigenvalue weighted by molar-refractivity contribution is 4.63. The first-order valence-corrected chi connectivity index (χ1v) is 9.13. The zero-order valence-electron chi connectivity index (χ0n) is 16.4. The number of rotatable bonds is 19. The van der Waals surface area contributed by atoms with E-state index in [0.29, 0.717) is 78.1 Å². The number of hydrogen-bond donors (Lipinski definition) is 0. The van der Waals surface area contributed by atoms with E-state index in [1.807, 2.05) is 0 Å². The second-order valence-electron chi connectivity index (χ2n) is 6.74. The van der Waals surface area contributed by atoms with Crippen molar-refractivity contribution in [3.8, 4) is 0 Å². The standard InChI is InChI=1S/C19H38O6/c1-5-7-20-9-11-22-13-15-24-17-18-25-16-14-23-12-10-21-8-6-19(2,3)4/h5H,1,6-18H2,2-4H3. The predicted molar refractivity (Wildman–Crippen MR) is 99.2 cm³/mol. The molecule has 6 heteroatoms. The Kier molecular flexibility index (Phi) is 17.9. The van der Waals surface area contributed by atoms with Crippen molar-refractivity contribution in [1.29, 1.82) is 0 Å². The SMILES string of the molecule is C=CCOCCOCCOCCOCCOCCOCCC(C)(C)C. The van der Waals surface area contributed by atoms with Gasteiger partial charge in [-0.25, -0.2) is 0 Å². The summed E-state index contributed by atoms with van der Waals surface area (Å²) in [6.45, 7) is 17.4. The van der Waals surface area contributed by atoms with Crippen LogP contribution in [0.15, 0.2) is 12.7 Å². The van der Waals surface area contributed by atoms with Crippen LogP contribution in [0.4, 0.5) is 0 Å². The Morgan fingerprint density at radius 3 is 1.20 bits per heavy atom. The molecule has 0 aliphatic rings. The Balaban J connectivity index is 3.02. The molecule has 0 aromatic heterocycles. The fourth-order valence-corrected chi connectivity index (χ4v) is 1.64. The fraction of sp³-hybridized carbons (Fsp3) is 0.895. The Bertz CT molecular complexity index is 278. The van der Waals surface area contributed by atoms with Crippen LogP contribution in [-0.4, -0.2) is 79.3 Å². The molecule has 0 amide bonds. The first kappa shape index (κ1) is 24.5. The maximum Gasteiger partial charge on any atom is 0.0704 e. The van der Waals surface area contributed by atoms with Crippen LogP contribution in [0.5, 0.6) is 0 Å². The lowest BCUT2D eigenvalue weighted by Gasteiger charge is -2.17. The molecule has 0 aliphatic carbocycles. The van der Waals surface area contributed by atoms with E-state index in [9.17, 15) is 0 Å². The highest BCUT2D eigenvalue weighted by Gasteiger charge is 2.08. The van der Waals surface area contributed by atoms with Crippen LogP contribution < -0.4 is 0 Å². The first-order valence-electron chi connectivity index (χ1n) is 9.13. The van der Waals surface area contributed by atoms with Crippen LogP contribution >= 0.6 is 0 Å². The molecule has 0 radical (unpaired) electrons. The van der Waals surface area contributed by atoms with E-state index < -0.39 is 0 Å². The third kappa shape index (κ3) is 23.5. The van der Waals surface area contributed by atoms with Gasteiger partial charge < -0.3 is 28.4 Å². The lowest BCUT2D eigenvalue weighted by molar-refractivity contribution is -0.0166. The van der Waals surface area contributed by atoms with E-state index in [1.54, 1.807) is 6.08 Å². The average Bonchev–Trinajstić information content (AvgIpc) is 2.56. The Hall–Kier alpha value is -0.500. The molecule has 0 aromatic rings. The van der Waals surface area contributed by atoms with Crippen molar-refractivity contribution in [3.63, 3.8) is 0 Å². The van der Waals surface area contributed by atoms with Gasteiger partial charge in [0.25, 0.3) is 0 Å². The van der Waals surface area contributed by atoms with Crippen molar-refractivity contribution in [2.45, 2.75) is 27.2 Å². The summed E-state index contributed by atoms with van der Waals surface area (Å²) in [5, 5.41) is 0. The molecular formula is C19H38O6. The van der Waals surface area contributed by atoms with E-state index in [4.69, 9.17) is 28.4 Å². The number of ether oxygens (including phenoxy) is 6. The van der Waals surface area contributed by atoms with Crippen molar-refractivity contribution in [2.24, 2.45) is 5.41 Å². The van der Waals surface area contributed by atoms with Crippen molar-refractivity contribution < 1.29 is 28.4 Å². The van der Waals surface area contributed by atoms with Gasteiger partial charge in [-0.15, -0.1) is 6.58 Å². The van der Waals surface area contributed by atoms with Gasteiger partial charge in [-0.3, -0.25) is 0 Å². The quantitative estimate of drug-likeness (QED) is 0.260. The average molecular weight is 363 g/mol. The summed E-state index contributed by atoms with van der Waals surface area (Å²) in [6, 6.07) is 0. The van der Waals surface area contributed by atoms with E-state index >= 15 is 0 Å². The lowest BCUT2D eigenvalue weighted by Crippen LogP contribution is -2.15. The van der Waals surface area contributed by atoms with Gasteiger partial charge in [-0.1, -0.05) is 26.8 Å². The summed E-state index contributed by atoms with van der Waals surface area (Å²) < 4.78 is 32.3. The molecule has 0 spiro atoms. The Morgan fingerprint density at radius 2 is 0.880 bits per heavy atom. The summed E-state index contributed by atoms with van der Waals surface area (Å²) in [5.41, 5.74) is 0.322. The van der Waals surface area contributed by atoms with Gasteiger partial charge >= 0.3 is 0 Å². The minimum Gasteiger partial charge on any atom is -0.379 e. The highest BCUT2D eigenvalue weighted by atomic mass is 16.6. The van der Waals surface area contributed by atoms with Crippen molar-refractivity contribution in [3.05, 3.63) is 12.7 Å². The van der Waals surface area contributed by atoms with Crippen LogP contribution in [0.25, 0.3) is 0 Å². The molecule has 0 saturated carbocycles. The van der Waals surface area contributed by atoms with Gasteiger partial charge in [0.2, 0.25) is 0 Å². The van der Waals surface area contributed by atoms with Gasteiger partial charge in [-0.2, -0.15) is 0 Å². The Labute approximate surface area is 153 Å². The van der Waals surface area contributed by atoms with Crippen LogP contribution in [0.1, 0.15) is 27.2 Å². The second kappa shape index (κ2) is 18.3. The zero-order chi connectivity index (χ0) is 18.6. The van der Waals surface area contributed by atoms with Gasteiger partial charge in [0.05, 0.1) is 72.7 Å². The van der Waals surface area contributed by atoms with Crippen LogP contribution in [0.2, 0.25) is 0 Å². The summed E-state index contributed by atoms with van der Waals surface area (Å²) in [5.74, 6) is 0. The largest absolute Gasteiger partial charge is 0.379 e. The maximum atomic E-state index is 5.52. The number of hydrogen-bond acceptors (Lipinski definition) is 6. The lowest BCUT2D eigenvalue weighted by atomic mass is 9.93. The smallest absolute Gasteiger partial charge is 0.0704 e. The molecule has 150 valence electrons. The van der Waals surface area contributed by atoms with Crippen molar-refractivity contribution >= 4 is 0 Å². The van der Waals surface area contributed by atoms with Crippen molar-refractivity contribution in [2.75, 3.05) is 79.3 Å². The summed E-state index contributed by atoms with van der Waals surface area (Å²) in [4.78, 5) is 0. The van der Waals surface area contributed by atoms with Crippen molar-refractivity contribution in [1.82, 2.24) is 0 Å². The van der Waals surface area contributed by atoms with Crippen LogP contribution in [-0.2, 0) is 28.4 Å². The zero-order valence-corrected chi connectivity index (χ0v) is 16.4. The molecule has 0 aromatic carbocycles. The molecule has 0 aliphatic heterocycles. The van der Waals surface area contributed by atoms with Gasteiger partial charge in [-0.05, 0) is 11.8 Å². The molecule has 0 bridgehead atoms. The third-order valence-electron chi connectivity index (χ3n) is 3.09. The minimum atomic E-state index is 0.322. The first-order chi connectivity index (χ1) is 12.1. The van der Waals surface area contributed by atoms with Gasteiger partial charge in [0.15, 0.2) is 0 Å². The molecule has 0 rings (SSSR count). The van der Waals surface area contributed by atoms with E-state index in [-0.39, 0.29) is 0 Å². The van der Waals surface area contributed by atoms with E-state index in [2.05, 4.69) is 27.4 Å². The molecular weight excluding hydrogens is 324 g/mol. The molecule has 0 atom stereocenters. The molecule has 0 unspecified atom stereocenters. The maximum absolute atomic E-state index is 5.52. The predicted octanol–water partition coefficient (Wildman–Crippen LogP) is 2.71. The normalized spacial score (nSPS) is 11.8. The fourth-order valence-electron chi connectivity index (χ4n) is 1.64. The van der Waals surface area contributed by atoms with Crippen LogP contribution in [0.3, 0.4) is 0 Å². The summed E-state index contributed by atoms with van der Waals surface area (Å²) in [6.07, 6.45) is 2.78. The van der Waals surface area contributed by atoms with Gasteiger partial charge in [0.1, 0.15) is 0 Å². The molecule has 0 heterocycles. The highest BCUT2D eigenvalue weighted by Crippen LogP contribution is 2.17. The minimum absolute atomic E-state index is 0.322. The third-order valence-corrected chi connectivity index (χ3v) is 3.09. The molecule has 0 saturated heterocycles. The van der Waals surface area contributed by atoms with E-state index in [0.717, 1.165) is 13.0 Å². The molecule has 25 heavy (non-hydrogen) atoms. The second-order valence-corrected chi connectivity index (χ2v) is 6.74. The molecule has 0 N–H and O–H groups in total. The Morgan fingerprint density at radius 1 is 0.560 bits per heavy atom. The van der Waals surface area contributed by atoms with Gasteiger partial charge in [0, 0.05) is 6.61 Å². The molecule has 6 nitrogen and oxygen atoms in total. The topological polar surface area (TPSA) is 55.4 Å². The summed E-state index contributed by atoms with van der Waals surface area (Å²) in [7, 11) is 0. The van der Waals surface area contributed by atoms with E-state index in [1.165, 1.54) is 0 Å². The van der Waals surface area contributed by atoms with Crippen LogP contribution in [0, 0.1) is 5.41 Å². The monoisotopic (exact) mass is 362 g/mol.